The van der Waals surface area contributed by atoms with Crippen LogP contribution in [0.1, 0.15) is 78.1 Å². The lowest BCUT2D eigenvalue weighted by Gasteiger charge is -2.26. The molecule has 0 saturated heterocycles. The zero-order chi connectivity index (χ0) is 31.2. The number of benzene rings is 3. The fourth-order valence-electron chi connectivity index (χ4n) is 6.03. The minimum absolute atomic E-state index is 0.254. The lowest BCUT2D eigenvalue weighted by molar-refractivity contribution is 0.0518. The van der Waals surface area contributed by atoms with Crippen molar-refractivity contribution in [1.82, 2.24) is 30.5 Å². The third kappa shape index (κ3) is 7.32. The van der Waals surface area contributed by atoms with Gasteiger partial charge in [0.25, 0.3) is 0 Å². The molecule has 234 valence electrons. The average Bonchev–Trinajstić information content (AvgIpc) is 3.67. The molecule has 3 aromatic carbocycles. The molecule has 0 aliphatic heterocycles. The van der Waals surface area contributed by atoms with Gasteiger partial charge in [-0.25, -0.2) is 9.48 Å². The second kappa shape index (κ2) is 14.5. The maximum absolute atomic E-state index is 13.3. The number of hydrogen-bond acceptors (Lipinski definition) is 7. The van der Waals surface area contributed by atoms with Crippen molar-refractivity contribution in [1.29, 1.82) is 0 Å². The average molecular weight is 648 g/mol. The van der Waals surface area contributed by atoms with Crippen LogP contribution in [0.5, 0.6) is 5.75 Å². The van der Waals surface area contributed by atoms with Crippen LogP contribution in [0.3, 0.4) is 0 Å². The van der Waals surface area contributed by atoms with Crippen molar-refractivity contribution in [2.24, 2.45) is 5.92 Å². The zero-order valence-corrected chi connectivity index (χ0v) is 26.7. The topological polar surface area (TPSA) is 107 Å². The second-order valence-electron chi connectivity index (χ2n) is 11.4. The quantitative estimate of drug-likeness (QED) is 0.135. The van der Waals surface area contributed by atoms with Crippen LogP contribution in [0.2, 0.25) is 10.0 Å². The molecule has 1 aliphatic carbocycles. The second-order valence-corrected chi connectivity index (χ2v) is 12.2. The number of halogens is 2. The highest BCUT2D eigenvalue weighted by molar-refractivity contribution is 6.31. The van der Waals surface area contributed by atoms with Gasteiger partial charge in [0, 0.05) is 32.1 Å². The first-order valence-electron chi connectivity index (χ1n) is 15.4. The Bertz CT molecular complexity index is 1750. The highest BCUT2D eigenvalue weighted by Gasteiger charge is 2.31. The summed E-state index contributed by atoms with van der Waals surface area (Å²) >= 11 is 12.6. The number of aromatic amines is 1. The van der Waals surface area contributed by atoms with Crippen LogP contribution in [0.25, 0.3) is 10.9 Å². The number of nitrogens with one attached hydrogen (secondary N) is 2. The number of H-pyrrole nitrogens is 1. The molecule has 2 heterocycles. The SMILES string of the molecule is CCOC(=O)c1[nH]c2cc(Cl)ccc2c1C(NCC1CCCCC1)c1nnnn1Cc1ccc(OCc2ccccc2Cl)cc1. The maximum atomic E-state index is 13.3. The lowest BCUT2D eigenvalue weighted by atomic mass is 9.89. The smallest absolute Gasteiger partial charge is 0.355 e. The van der Waals surface area contributed by atoms with Crippen molar-refractivity contribution >= 4 is 40.1 Å². The highest BCUT2D eigenvalue weighted by Crippen LogP contribution is 2.34. The third-order valence-corrected chi connectivity index (χ3v) is 8.93. The number of esters is 1. The van der Waals surface area contributed by atoms with Crippen molar-refractivity contribution in [2.45, 2.75) is 58.2 Å². The Labute approximate surface area is 272 Å². The van der Waals surface area contributed by atoms with E-state index in [0.717, 1.165) is 39.9 Å². The molecule has 0 radical (unpaired) electrons. The van der Waals surface area contributed by atoms with Gasteiger partial charge in [0.15, 0.2) is 5.82 Å². The number of ether oxygens (including phenoxy) is 2. The molecular formula is C34H36Cl2N6O3. The Kier molecular flexibility index (Phi) is 9.98. The predicted octanol–water partition coefficient (Wildman–Crippen LogP) is 7.52. The van der Waals surface area contributed by atoms with Gasteiger partial charge in [0.1, 0.15) is 18.1 Å². The summed E-state index contributed by atoms with van der Waals surface area (Å²) in [4.78, 5) is 16.6. The van der Waals surface area contributed by atoms with Crippen LogP contribution < -0.4 is 10.1 Å². The molecule has 11 heteroatoms. The first-order chi connectivity index (χ1) is 22.0. The number of fused-ring (bicyclic) bond motifs is 1. The van der Waals surface area contributed by atoms with E-state index in [1.54, 1.807) is 11.6 Å². The largest absolute Gasteiger partial charge is 0.489 e. The van der Waals surface area contributed by atoms with Gasteiger partial charge in [-0.15, -0.1) is 5.10 Å². The molecule has 1 atom stereocenters. The van der Waals surface area contributed by atoms with Crippen molar-refractivity contribution in [2.75, 3.05) is 13.2 Å². The Morgan fingerprint density at radius 2 is 1.87 bits per heavy atom. The molecule has 0 bridgehead atoms. The van der Waals surface area contributed by atoms with Gasteiger partial charge in [-0.3, -0.25) is 0 Å². The summed E-state index contributed by atoms with van der Waals surface area (Å²) in [5.41, 5.74) is 3.78. The van der Waals surface area contributed by atoms with Gasteiger partial charge in [0.05, 0.1) is 19.2 Å². The van der Waals surface area contributed by atoms with Crippen LogP contribution in [0.15, 0.2) is 66.7 Å². The van der Waals surface area contributed by atoms with Gasteiger partial charge >= 0.3 is 5.97 Å². The van der Waals surface area contributed by atoms with E-state index in [4.69, 9.17) is 32.7 Å². The molecule has 45 heavy (non-hydrogen) atoms. The van der Waals surface area contributed by atoms with Crippen LogP contribution in [0, 0.1) is 5.92 Å². The first kappa shape index (κ1) is 31.1. The summed E-state index contributed by atoms with van der Waals surface area (Å²) in [5, 5.41) is 18.8. The van der Waals surface area contributed by atoms with Crippen LogP contribution in [-0.4, -0.2) is 44.3 Å². The van der Waals surface area contributed by atoms with Crippen molar-refractivity contribution < 1.29 is 14.3 Å². The van der Waals surface area contributed by atoms with Gasteiger partial charge in [-0.2, -0.15) is 0 Å². The number of nitrogens with zero attached hydrogens (tertiary/aromatic N) is 4. The molecule has 0 amide bonds. The molecule has 9 nitrogen and oxygen atoms in total. The summed E-state index contributed by atoms with van der Waals surface area (Å²) in [5.74, 6) is 1.44. The van der Waals surface area contributed by atoms with E-state index in [0.29, 0.717) is 40.6 Å². The summed E-state index contributed by atoms with van der Waals surface area (Å²) in [6.45, 7) is 3.63. The number of tetrazole rings is 1. The monoisotopic (exact) mass is 646 g/mol. The molecule has 1 fully saturated rings. The van der Waals surface area contributed by atoms with Gasteiger partial charge < -0.3 is 19.8 Å². The number of hydrogen-bond donors (Lipinski definition) is 2. The predicted molar refractivity (Wildman–Crippen MR) is 175 cm³/mol. The normalized spacial score (nSPS) is 14.5. The molecule has 1 unspecified atom stereocenters. The van der Waals surface area contributed by atoms with E-state index in [-0.39, 0.29) is 6.61 Å². The van der Waals surface area contributed by atoms with Crippen molar-refractivity contribution in [3.05, 3.63) is 105 Å². The minimum atomic E-state index is -0.477. The van der Waals surface area contributed by atoms with Gasteiger partial charge in [-0.1, -0.05) is 78.9 Å². The molecule has 6 rings (SSSR count). The van der Waals surface area contributed by atoms with Crippen LogP contribution in [-0.2, 0) is 17.9 Å². The Balaban J connectivity index is 1.30. The molecule has 5 aromatic rings. The first-order valence-corrected chi connectivity index (χ1v) is 16.2. The van der Waals surface area contributed by atoms with E-state index < -0.39 is 12.0 Å². The molecule has 2 aromatic heterocycles. The number of carbonyl (C=O) groups excluding carboxylic acids is 1. The molecule has 1 aliphatic rings. The maximum Gasteiger partial charge on any atom is 0.355 e. The zero-order valence-electron chi connectivity index (χ0n) is 25.1. The van der Waals surface area contributed by atoms with Crippen molar-refractivity contribution in [3.63, 3.8) is 0 Å². The van der Waals surface area contributed by atoms with E-state index in [1.807, 2.05) is 66.7 Å². The Morgan fingerprint density at radius 1 is 1.07 bits per heavy atom. The van der Waals surface area contributed by atoms with E-state index in [9.17, 15) is 4.79 Å². The number of aromatic nitrogens is 5. The van der Waals surface area contributed by atoms with E-state index in [1.165, 1.54) is 32.1 Å². The lowest BCUT2D eigenvalue weighted by Crippen LogP contribution is -2.32. The van der Waals surface area contributed by atoms with Crippen LogP contribution >= 0.6 is 23.2 Å². The Hall–Kier alpha value is -3.92. The van der Waals surface area contributed by atoms with E-state index >= 15 is 0 Å². The molecule has 1 saturated carbocycles. The minimum Gasteiger partial charge on any atom is -0.489 e. The third-order valence-electron chi connectivity index (χ3n) is 8.33. The number of carbonyl (C=O) groups is 1. The Morgan fingerprint density at radius 3 is 2.64 bits per heavy atom. The fourth-order valence-corrected chi connectivity index (χ4v) is 6.39. The summed E-state index contributed by atoms with van der Waals surface area (Å²) in [6.07, 6.45) is 6.07. The number of rotatable bonds is 12. The summed E-state index contributed by atoms with van der Waals surface area (Å²) in [7, 11) is 0. The molecule has 2 N–H and O–H groups in total. The van der Waals surface area contributed by atoms with E-state index in [2.05, 4.69) is 25.8 Å². The molecular weight excluding hydrogens is 611 g/mol. The summed E-state index contributed by atoms with van der Waals surface area (Å²) in [6, 6.07) is 20.6. The highest BCUT2D eigenvalue weighted by atomic mass is 35.5. The standard InChI is InChI=1S/C34H36Cl2N6O3/c1-2-44-34(43)32-30(27-17-14-25(35)18-29(27)38-32)31(37-19-22-8-4-3-5-9-22)33-39-40-41-42(33)20-23-12-15-26(16-13-23)45-21-24-10-6-7-11-28(24)36/h6-7,10-18,22,31,37-38H,2-5,8-9,19-21H2,1H3. The molecule has 0 spiro atoms. The van der Waals surface area contributed by atoms with Crippen molar-refractivity contribution in [3.8, 4) is 5.75 Å². The van der Waals surface area contributed by atoms with Crippen LogP contribution in [0.4, 0.5) is 0 Å². The summed E-state index contributed by atoms with van der Waals surface area (Å²) < 4.78 is 13.2. The fraction of sp³-hybridized carbons (Fsp3) is 0.353. The van der Waals surface area contributed by atoms with Gasteiger partial charge in [-0.05, 0) is 78.6 Å². The van der Waals surface area contributed by atoms with Gasteiger partial charge in [0.2, 0.25) is 0 Å².